The Labute approximate surface area is 121 Å². The molecule has 0 saturated carbocycles. The van der Waals surface area contributed by atoms with Crippen molar-refractivity contribution in [3.8, 4) is 0 Å². The molecule has 1 aromatic heterocycles. The van der Waals surface area contributed by atoms with Gasteiger partial charge in [-0.15, -0.1) is 11.3 Å². The number of Topliss-reactive ketones (excluding diaryl/α,β-unsaturated/α-hetero) is 1. The minimum absolute atomic E-state index is 0.165. The van der Waals surface area contributed by atoms with Crippen LogP contribution >= 0.6 is 11.3 Å². The second-order valence-electron chi connectivity index (χ2n) is 6.28. The quantitative estimate of drug-likeness (QED) is 0.589. The highest BCUT2D eigenvalue weighted by Crippen LogP contribution is 2.35. The molecule has 0 bridgehead atoms. The van der Waals surface area contributed by atoms with Gasteiger partial charge >= 0.3 is 0 Å². The number of rotatable bonds is 6. The van der Waals surface area contributed by atoms with Gasteiger partial charge in [-0.05, 0) is 25.3 Å². The van der Waals surface area contributed by atoms with E-state index in [4.69, 9.17) is 5.73 Å². The van der Waals surface area contributed by atoms with Crippen LogP contribution in [0.3, 0.4) is 0 Å². The first-order valence-corrected chi connectivity index (χ1v) is 8.03. The van der Waals surface area contributed by atoms with E-state index >= 15 is 0 Å². The summed E-state index contributed by atoms with van der Waals surface area (Å²) in [5, 5.41) is 0.697. The van der Waals surface area contributed by atoms with Crippen LogP contribution in [0.4, 0.5) is 5.00 Å². The first-order valence-electron chi connectivity index (χ1n) is 7.21. The van der Waals surface area contributed by atoms with Gasteiger partial charge in [0, 0.05) is 10.3 Å². The zero-order valence-corrected chi connectivity index (χ0v) is 13.7. The third-order valence-corrected chi connectivity index (χ3v) is 4.62. The second-order valence-corrected chi connectivity index (χ2v) is 7.42. The lowest BCUT2D eigenvalue weighted by Gasteiger charge is -2.17. The van der Waals surface area contributed by atoms with Gasteiger partial charge in [0.1, 0.15) is 0 Å². The summed E-state index contributed by atoms with van der Waals surface area (Å²) in [5.41, 5.74) is 7.58. The number of thiophene rings is 1. The van der Waals surface area contributed by atoms with Crippen molar-refractivity contribution < 1.29 is 4.79 Å². The Kier molecular flexibility index (Phi) is 5.60. The third-order valence-electron chi connectivity index (χ3n) is 3.44. The summed E-state index contributed by atoms with van der Waals surface area (Å²) in [4.78, 5) is 13.7. The van der Waals surface area contributed by atoms with Crippen molar-refractivity contribution in [1.82, 2.24) is 0 Å². The summed E-state index contributed by atoms with van der Waals surface area (Å²) in [5.74, 6) is 0.165. The first kappa shape index (κ1) is 16.2. The van der Waals surface area contributed by atoms with E-state index in [1.807, 2.05) is 27.7 Å². The molecule has 1 rings (SSSR count). The minimum Gasteiger partial charge on any atom is -0.390 e. The van der Waals surface area contributed by atoms with Crippen LogP contribution in [-0.4, -0.2) is 5.78 Å². The van der Waals surface area contributed by atoms with Crippen LogP contribution in [0.25, 0.3) is 0 Å². The number of anilines is 1. The van der Waals surface area contributed by atoms with E-state index in [1.165, 1.54) is 30.6 Å². The van der Waals surface area contributed by atoms with E-state index in [9.17, 15) is 4.79 Å². The second kappa shape index (κ2) is 6.56. The third kappa shape index (κ3) is 4.07. The number of nitrogen functional groups attached to an aromatic ring is 1. The highest BCUT2D eigenvalue weighted by molar-refractivity contribution is 7.16. The highest BCUT2D eigenvalue weighted by atomic mass is 32.1. The van der Waals surface area contributed by atoms with Gasteiger partial charge in [-0.25, -0.2) is 0 Å². The van der Waals surface area contributed by atoms with Crippen LogP contribution < -0.4 is 5.73 Å². The molecular weight excluding hydrogens is 254 g/mol. The van der Waals surface area contributed by atoms with Crippen LogP contribution in [0.15, 0.2) is 0 Å². The molecule has 1 heterocycles. The van der Waals surface area contributed by atoms with Gasteiger partial charge in [0.15, 0.2) is 5.78 Å². The SMILES string of the molecule is CCCCCCc1sc(N)c(C(=O)C(C)(C)C)c1C. The highest BCUT2D eigenvalue weighted by Gasteiger charge is 2.28. The van der Waals surface area contributed by atoms with Crippen molar-refractivity contribution in [3.05, 3.63) is 16.0 Å². The number of ketones is 1. The largest absolute Gasteiger partial charge is 0.390 e. The molecule has 19 heavy (non-hydrogen) atoms. The van der Waals surface area contributed by atoms with Gasteiger partial charge in [0.2, 0.25) is 0 Å². The Morgan fingerprint density at radius 1 is 1.21 bits per heavy atom. The fourth-order valence-electron chi connectivity index (χ4n) is 2.19. The van der Waals surface area contributed by atoms with Gasteiger partial charge in [-0.2, -0.15) is 0 Å². The molecule has 0 aromatic carbocycles. The lowest BCUT2D eigenvalue weighted by atomic mass is 9.85. The average molecular weight is 281 g/mol. The molecule has 0 saturated heterocycles. The van der Waals surface area contributed by atoms with Crippen LogP contribution in [0.2, 0.25) is 0 Å². The van der Waals surface area contributed by atoms with E-state index in [2.05, 4.69) is 6.92 Å². The topological polar surface area (TPSA) is 43.1 Å². The summed E-state index contributed by atoms with van der Waals surface area (Å²) in [6.45, 7) is 10.1. The Morgan fingerprint density at radius 2 is 1.84 bits per heavy atom. The Balaban J connectivity index is 2.86. The summed E-state index contributed by atoms with van der Waals surface area (Å²) in [6.07, 6.45) is 6.04. The van der Waals surface area contributed by atoms with E-state index < -0.39 is 0 Å². The first-order chi connectivity index (χ1) is 8.79. The van der Waals surface area contributed by atoms with Gasteiger partial charge in [0.05, 0.1) is 10.6 Å². The summed E-state index contributed by atoms with van der Waals surface area (Å²) in [6, 6.07) is 0. The fourth-order valence-corrected chi connectivity index (χ4v) is 3.31. The van der Waals surface area contributed by atoms with Gasteiger partial charge in [-0.3, -0.25) is 4.79 Å². The number of hydrogen-bond acceptors (Lipinski definition) is 3. The van der Waals surface area contributed by atoms with E-state index in [-0.39, 0.29) is 11.2 Å². The van der Waals surface area contributed by atoms with Crippen LogP contribution in [0.1, 0.15) is 74.2 Å². The number of nitrogens with two attached hydrogens (primary N) is 1. The fraction of sp³-hybridized carbons (Fsp3) is 0.688. The Morgan fingerprint density at radius 3 is 2.37 bits per heavy atom. The standard InChI is InChI=1S/C16H27NOS/c1-6-7-8-9-10-12-11(2)13(15(17)19-12)14(18)16(3,4)5/h6-10,17H2,1-5H3. The lowest BCUT2D eigenvalue weighted by Crippen LogP contribution is -2.21. The molecule has 0 aliphatic rings. The average Bonchev–Trinajstić information content (AvgIpc) is 2.58. The van der Waals surface area contributed by atoms with Crippen molar-refractivity contribution in [2.75, 3.05) is 5.73 Å². The monoisotopic (exact) mass is 281 g/mol. The smallest absolute Gasteiger partial charge is 0.171 e. The molecule has 2 N–H and O–H groups in total. The summed E-state index contributed by atoms with van der Waals surface area (Å²) in [7, 11) is 0. The molecule has 0 aliphatic carbocycles. The number of aryl methyl sites for hydroxylation is 1. The predicted molar refractivity (Wildman–Crippen MR) is 85.1 cm³/mol. The maximum atomic E-state index is 12.4. The molecule has 1 aromatic rings. The van der Waals surface area contributed by atoms with Crippen LogP contribution in [0, 0.1) is 12.3 Å². The van der Waals surface area contributed by atoms with Gasteiger partial charge < -0.3 is 5.73 Å². The molecule has 0 radical (unpaired) electrons. The molecule has 0 atom stereocenters. The zero-order chi connectivity index (χ0) is 14.6. The molecule has 0 unspecified atom stereocenters. The molecule has 2 nitrogen and oxygen atoms in total. The van der Waals surface area contributed by atoms with Crippen molar-refractivity contribution in [2.24, 2.45) is 5.41 Å². The van der Waals surface area contributed by atoms with Crippen molar-refractivity contribution in [3.63, 3.8) is 0 Å². The lowest BCUT2D eigenvalue weighted by molar-refractivity contribution is 0.0859. The van der Waals surface area contributed by atoms with E-state index in [1.54, 1.807) is 11.3 Å². The van der Waals surface area contributed by atoms with Crippen molar-refractivity contribution in [2.45, 2.75) is 66.7 Å². The minimum atomic E-state index is -0.362. The number of carbonyl (C=O) groups excluding carboxylic acids is 1. The molecule has 0 fully saturated rings. The van der Waals surface area contributed by atoms with E-state index in [0.717, 1.165) is 17.5 Å². The molecule has 0 aliphatic heterocycles. The van der Waals surface area contributed by atoms with Gasteiger partial charge in [-0.1, -0.05) is 47.0 Å². The summed E-state index contributed by atoms with van der Waals surface area (Å²) < 4.78 is 0. The zero-order valence-electron chi connectivity index (χ0n) is 12.9. The Bertz CT molecular complexity index is 440. The number of unbranched alkanes of at least 4 members (excludes halogenated alkanes) is 3. The summed E-state index contributed by atoms with van der Waals surface area (Å²) >= 11 is 1.60. The van der Waals surface area contributed by atoms with Crippen molar-refractivity contribution in [1.29, 1.82) is 0 Å². The van der Waals surface area contributed by atoms with Gasteiger partial charge in [0.25, 0.3) is 0 Å². The normalized spacial score (nSPS) is 11.8. The van der Waals surface area contributed by atoms with Crippen LogP contribution in [0.5, 0.6) is 0 Å². The molecular formula is C16H27NOS. The van der Waals surface area contributed by atoms with Crippen LogP contribution in [-0.2, 0) is 6.42 Å². The maximum Gasteiger partial charge on any atom is 0.171 e. The Hall–Kier alpha value is -0.830. The van der Waals surface area contributed by atoms with E-state index in [0.29, 0.717) is 5.00 Å². The maximum absolute atomic E-state index is 12.4. The van der Waals surface area contributed by atoms with Crippen molar-refractivity contribution >= 4 is 22.1 Å². The molecule has 0 spiro atoms. The molecule has 3 heteroatoms. The predicted octanol–water partition coefficient (Wildman–Crippen LogP) is 4.99. The molecule has 108 valence electrons. The number of carbonyl (C=O) groups is 1. The molecule has 0 amide bonds. The number of hydrogen-bond donors (Lipinski definition) is 1.